The summed E-state index contributed by atoms with van der Waals surface area (Å²) in [5, 5.41) is 10.3. The highest BCUT2D eigenvalue weighted by Crippen LogP contribution is 2.52. The van der Waals surface area contributed by atoms with E-state index in [0.717, 1.165) is 22.7 Å². The van der Waals surface area contributed by atoms with Crippen LogP contribution in [0.4, 0.5) is 22.7 Å². The second kappa shape index (κ2) is 13.4. The monoisotopic (exact) mass is 762 g/mol. The van der Waals surface area contributed by atoms with Crippen molar-refractivity contribution in [2.45, 2.75) is 67.7 Å². The van der Waals surface area contributed by atoms with Gasteiger partial charge in [0.25, 0.3) is 0 Å². The van der Waals surface area contributed by atoms with Crippen molar-refractivity contribution >= 4 is 22.7 Å². The third-order valence-corrected chi connectivity index (χ3v) is 12.2. The third-order valence-electron chi connectivity index (χ3n) is 12.2. The normalized spacial score (nSPS) is 16.1. The van der Waals surface area contributed by atoms with E-state index in [1.54, 1.807) is 0 Å². The number of hydrogen-bond donors (Lipinski definition) is 0. The Balaban J connectivity index is 1.33. The molecule has 4 aromatic carbocycles. The molecule has 0 radical (unpaired) electrons. The van der Waals surface area contributed by atoms with Gasteiger partial charge in [0.1, 0.15) is 0 Å². The molecule has 0 amide bonds. The summed E-state index contributed by atoms with van der Waals surface area (Å²) in [5.41, 5.74) is 18.7. The van der Waals surface area contributed by atoms with Crippen molar-refractivity contribution in [2.24, 2.45) is 0 Å². The van der Waals surface area contributed by atoms with Gasteiger partial charge in [-0.15, -0.1) is 0 Å². The van der Waals surface area contributed by atoms with E-state index in [-0.39, 0.29) is 12.3 Å². The summed E-state index contributed by atoms with van der Waals surface area (Å²) in [5.74, 6) is 0. The molecular formula is C50H50N8. The average Bonchev–Trinajstić information content (AvgIpc) is 4.07. The Morgan fingerprint density at radius 2 is 0.517 bits per heavy atom. The summed E-state index contributed by atoms with van der Waals surface area (Å²) in [6.07, 6.45) is -0.629. The van der Waals surface area contributed by atoms with Gasteiger partial charge in [0.15, 0.2) is 12.3 Å². The van der Waals surface area contributed by atoms with E-state index in [4.69, 9.17) is 0 Å². The van der Waals surface area contributed by atoms with E-state index >= 15 is 0 Å². The Kier molecular flexibility index (Phi) is 8.23. The number of fused-ring (bicyclic) bond motifs is 2. The molecule has 0 N–H and O–H groups in total. The third kappa shape index (κ3) is 5.28. The van der Waals surface area contributed by atoms with Crippen molar-refractivity contribution in [1.82, 2.24) is 18.7 Å². The molecule has 290 valence electrons. The molecule has 2 unspecified atom stereocenters. The van der Waals surface area contributed by atoms with Crippen molar-refractivity contribution in [2.75, 3.05) is 20.0 Å². The van der Waals surface area contributed by atoms with E-state index in [1.807, 2.05) is 0 Å². The fraction of sp³-hybridized carbons (Fsp3) is 0.200. The fourth-order valence-electron chi connectivity index (χ4n) is 9.61. The SMILES string of the molecule is Cc1ccc(C)n1N1c2ccc(-c3ccccc3)cc2N(n2c(C)ccc2C)C1C1N(n2c(C)ccc2C)c2ccc(-c3ccccc3)cc2N1n1c(C)ccc1C. The summed E-state index contributed by atoms with van der Waals surface area (Å²) in [4.78, 5) is 0. The lowest BCUT2D eigenvalue weighted by molar-refractivity contribution is 0.362. The van der Waals surface area contributed by atoms with E-state index < -0.39 is 0 Å². The van der Waals surface area contributed by atoms with Crippen LogP contribution in [0.5, 0.6) is 0 Å². The highest BCUT2D eigenvalue weighted by Gasteiger charge is 2.54. The van der Waals surface area contributed by atoms with Crippen LogP contribution in [0.3, 0.4) is 0 Å². The number of benzene rings is 4. The fourth-order valence-corrected chi connectivity index (χ4v) is 9.61. The van der Waals surface area contributed by atoms with Gasteiger partial charge in [-0.1, -0.05) is 72.8 Å². The molecule has 58 heavy (non-hydrogen) atoms. The zero-order valence-electron chi connectivity index (χ0n) is 34.6. The number of rotatable bonds is 7. The molecular weight excluding hydrogens is 713 g/mol. The Hall–Kier alpha value is -6.80. The minimum Gasteiger partial charge on any atom is -0.260 e. The molecule has 8 heteroatoms. The Morgan fingerprint density at radius 1 is 0.259 bits per heavy atom. The lowest BCUT2D eigenvalue weighted by Crippen LogP contribution is -2.66. The van der Waals surface area contributed by atoms with Crippen molar-refractivity contribution < 1.29 is 0 Å². The highest BCUT2D eigenvalue weighted by molar-refractivity contribution is 5.87. The Bertz CT molecular complexity index is 2550. The van der Waals surface area contributed by atoms with E-state index in [0.29, 0.717) is 0 Å². The van der Waals surface area contributed by atoms with Gasteiger partial charge >= 0.3 is 0 Å². The lowest BCUT2D eigenvalue weighted by Gasteiger charge is -2.46. The maximum absolute atomic E-state index is 2.57. The van der Waals surface area contributed by atoms with Crippen LogP contribution in [-0.2, 0) is 0 Å². The lowest BCUT2D eigenvalue weighted by atomic mass is 10.0. The largest absolute Gasteiger partial charge is 0.260 e. The van der Waals surface area contributed by atoms with Crippen molar-refractivity contribution in [3.05, 3.63) is 191 Å². The van der Waals surface area contributed by atoms with Crippen molar-refractivity contribution in [3.8, 4) is 22.3 Å². The Labute approximate surface area is 341 Å². The maximum Gasteiger partial charge on any atom is 0.183 e. The first-order valence-electron chi connectivity index (χ1n) is 20.3. The van der Waals surface area contributed by atoms with Gasteiger partial charge in [-0.25, -0.2) is 0 Å². The first-order chi connectivity index (χ1) is 28.1. The summed E-state index contributed by atoms with van der Waals surface area (Å²) >= 11 is 0. The molecule has 8 nitrogen and oxygen atoms in total. The van der Waals surface area contributed by atoms with Gasteiger partial charge in [0.05, 0.1) is 22.7 Å². The molecule has 0 aliphatic carbocycles. The number of aromatic nitrogens is 4. The van der Waals surface area contributed by atoms with Gasteiger partial charge < -0.3 is 0 Å². The second-order valence-electron chi connectivity index (χ2n) is 16.1. The molecule has 4 aromatic heterocycles. The maximum atomic E-state index is 2.57. The molecule has 0 bridgehead atoms. The van der Waals surface area contributed by atoms with Crippen molar-refractivity contribution in [3.63, 3.8) is 0 Å². The van der Waals surface area contributed by atoms with Crippen LogP contribution in [-0.4, -0.2) is 31.0 Å². The molecule has 0 saturated heterocycles. The average molecular weight is 763 g/mol. The quantitative estimate of drug-likeness (QED) is 0.162. The second-order valence-corrected chi connectivity index (χ2v) is 16.1. The molecule has 2 aliphatic rings. The minimum atomic E-state index is -0.314. The van der Waals surface area contributed by atoms with Crippen molar-refractivity contribution in [1.29, 1.82) is 0 Å². The van der Waals surface area contributed by atoms with E-state index in [9.17, 15) is 0 Å². The number of anilines is 4. The topological polar surface area (TPSA) is 32.7 Å². The van der Waals surface area contributed by atoms with Crippen LogP contribution in [0.15, 0.2) is 146 Å². The molecule has 6 heterocycles. The summed E-state index contributed by atoms with van der Waals surface area (Å²) < 4.78 is 9.73. The van der Waals surface area contributed by atoms with E-state index in [1.165, 1.54) is 67.8 Å². The predicted octanol–water partition coefficient (Wildman–Crippen LogP) is 11.2. The molecule has 0 fully saturated rings. The number of hydrogen-bond acceptors (Lipinski definition) is 4. The molecule has 2 aliphatic heterocycles. The highest BCUT2D eigenvalue weighted by atomic mass is 15.8. The standard InChI is InChI=1S/C50H50N8/c1-33-19-20-34(2)51(33)55-45-29-27-43(41-15-11-9-12-16-41)31-47(45)57(53-37(5)23-24-38(53)6)49(55)50-56(52-35(3)21-22-36(52)4)46-30-28-44(42-17-13-10-14-18-42)32-48(46)58(50)54-39(7)25-26-40(54)8/h9-32,49-50H,1-8H3. The minimum absolute atomic E-state index is 0.314. The predicted molar refractivity (Wildman–Crippen MR) is 238 cm³/mol. The molecule has 2 atom stereocenters. The molecule has 0 saturated carbocycles. The van der Waals surface area contributed by atoms with Crippen LogP contribution in [0.2, 0.25) is 0 Å². The zero-order chi connectivity index (χ0) is 40.0. The number of nitrogens with zero attached hydrogens (tertiary/aromatic N) is 8. The van der Waals surface area contributed by atoms with Gasteiger partial charge in [0.2, 0.25) is 0 Å². The molecule has 8 aromatic rings. The molecule has 0 spiro atoms. The summed E-state index contributed by atoms with van der Waals surface area (Å²) in [6.45, 7) is 17.8. The summed E-state index contributed by atoms with van der Waals surface area (Å²) in [6, 6.07) is 53.5. The zero-order valence-corrected chi connectivity index (χ0v) is 34.6. The van der Waals surface area contributed by atoms with Crippen LogP contribution in [0.25, 0.3) is 22.3 Å². The number of aryl methyl sites for hydroxylation is 8. The Morgan fingerprint density at radius 3 is 0.793 bits per heavy atom. The van der Waals surface area contributed by atoms with Crippen LogP contribution in [0, 0.1) is 55.4 Å². The van der Waals surface area contributed by atoms with Gasteiger partial charge in [-0.2, -0.15) is 0 Å². The van der Waals surface area contributed by atoms with Crippen LogP contribution in [0.1, 0.15) is 45.6 Å². The van der Waals surface area contributed by atoms with Crippen LogP contribution >= 0.6 is 0 Å². The van der Waals surface area contributed by atoms with E-state index in [2.05, 4.69) is 240 Å². The van der Waals surface area contributed by atoms with Gasteiger partial charge in [0, 0.05) is 45.6 Å². The van der Waals surface area contributed by atoms with Gasteiger partial charge in [-0.05, 0) is 150 Å². The van der Waals surface area contributed by atoms with Crippen LogP contribution < -0.4 is 20.0 Å². The first kappa shape index (κ1) is 35.6. The first-order valence-corrected chi connectivity index (χ1v) is 20.3. The smallest absolute Gasteiger partial charge is 0.183 e. The molecule has 10 rings (SSSR count). The van der Waals surface area contributed by atoms with Gasteiger partial charge in [-0.3, -0.25) is 38.7 Å². The summed E-state index contributed by atoms with van der Waals surface area (Å²) in [7, 11) is 0.